The van der Waals surface area contributed by atoms with Crippen LogP contribution >= 0.6 is 11.3 Å². The van der Waals surface area contributed by atoms with E-state index in [1.165, 1.54) is 9.22 Å². The summed E-state index contributed by atoms with van der Waals surface area (Å²) < 4.78 is 2.60. The van der Waals surface area contributed by atoms with Crippen molar-refractivity contribution >= 4 is 27.3 Å². The summed E-state index contributed by atoms with van der Waals surface area (Å²) in [4.78, 5) is 28.3. The Hall–Kier alpha value is -2.58. The van der Waals surface area contributed by atoms with Gasteiger partial charge in [0.15, 0.2) is 0 Å². The summed E-state index contributed by atoms with van der Waals surface area (Å²) in [6, 6.07) is 10.1. The first kappa shape index (κ1) is 15.7. The molecule has 1 aliphatic heterocycles. The van der Waals surface area contributed by atoms with Gasteiger partial charge in [0.1, 0.15) is 10.8 Å². The van der Waals surface area contributed by atoms with Crippen molar-refractivity contribution in [3.63, 3.8) is 0 Å². The first-order chi connectivity index (χ1) is 12.7. The molecule has 0 spiro atoms. The molecule has 0 aliphatic carbocycles. The minimum Gasteiger partial charge on any atom is -0.288 e. The highest BCUT2D eigenvalue weighted by Gasteiger charge is 2.29. The van der Waals surface area contributed by atoms with E-state index in [4.69, 9.17) is 4.98 Å². The summed E-state index contributed by atoms with van der Waals surface area (Å²) in [7, 11) is 0. The number of hydrogen-bond donors (Lipinski definition) is 1. The van der Waals surface area contributed by atoms with E-state index in [9.17, 15) is 4.79 Å². The van der Waals surface area contributed by atoms with E-state index in [0.29, 0.717) is 18.1 Å². The molecule has 26 heavy (non-hydrogen) atoms. The fraction of sp³-hybridized carbons (Fsp3) is 0.333. The van der Waals surface area contributed by atoms with Gasteiger partial charge in [-0.05, 0) is 38.4 Å². The predicted octanol–water partition coefficient (Wildman–Crippen LogP) is 2.67. The van der Waals surface area contributed by atoms with E-state index < -0.39 is 0 Å². The molecule has 0 saturated carbocycles. The second-order valence-corrected chi connectivity index (χ2v) is 7.74. The third kappa shape index (κ3) is 2.62. The van der Waals surface area contributed by atoms with Gasteiger partial charge in [0.2, 0.25) is 0 Å². The number of benzene rings is 1. The monoisotopic (exact) mass is 366 g/mol. The Kier molecular flexibility index (Phi) is 3.61. The average Bonchev–Trinajstić information content (AvgIpc) is 3.31. The Morgan fingerprint density at radius 3 is 3.04 bits per heavy atom. The van der Waals surface area contributed by atoms with Gasteiger partial charge in [-0.3, -0.25) is 14.8 Å². The molecule has 0 unspecified atom stereocenters. The van der Waals surface area contributed by atoms with Crippen molar-refractivity contribution in [1.82, 2.24) is 29.5 Å². The third-order valence-electron chi connectivity index (χ3n) is 4.82. The molecule has 8 heteroatoms. The zero-order valence-electron chi connectivity index (χ0n) is 14.3. The topological polar surface area (TPSA) is 79.2 Å². The van der Waals surface area contributed by atoms with E-state index in [-0.39, 0.29) is 11.6 Å². The van der Waals surface area contributed by atoms with Crippen LogP contribution in [0.4, 0.5) is 0 Å². The highest BCUT2D eigenvalue weighted by molar-refractivity contribution is 7.18. The van der Waals surface area contributed by atoms with Gasteiger partial charge in [0, 0.05) is 12.6 Å². The van der Waals surface area contributed by atoms with Crippen molar-refractivity contribution in [2.24, 2.45) is 0 Å². The van der Waals surface area contributed by atoms with Gasteiger partial charge < -0.3 is 0 Å². The molecule has 4 aromatic rings. The van der Waals surface area contributed by atoms with E-state index in [1.54, 1.807) is 17.4 Å². The largest absolute Gasteiger partial charge is 0.288 e. The first-order valence-corrected chi connectivity index (χ1v) is 9.54. The molecule has 1 fully saturated rings. The molecule has 4 heterocycles. The zero-order chi connectivity index (χ0) is 17.7. The van der Waals surface area contributed by atoms with Crippen LogP contribution in [0.15, 0.2) is 35.1 Å². The van der Waals surface area contributed by atoms with Crippen LogP contribution in [0.3, 0.4) is 0 Å². The number of nitrogens with one attached hydrogen (secondary N) is 1. The van der Waals surface area contributed by atoms with Gasteiger partial charge >= 0.3 is 0 Å². The van der Waals surface area contributed by atoms with Gasteiger partial charge in [-0.1, -0.05) is 12.1 Å². The van der Waals surface area contributed by atoms with E-state index in [2.05, 4.69) is 38.2 Å². The Bertz CT molecular complexity index is 1130. The molecule has 132 valence electrons. The SMILES string of the molecule is Cc1nc2nc(CN3CCC[C@@H]3c3nc4ccccc4s3)cc(=O)n2[nH]1. The minimum absolute atomic E-state index is 0.124. The summed E-state index contributed by atoms with van der Waals surface area (Å²) in [5.41, 5.74) is 1.69. The van der Waals surface area contributed by atoms with Gasteiger partial charge in [-0.15, -0.1) is 11.3 Å². The Labute approximate surface area is 153 Å². The molecule has 1 aliphatic rings. The van der Waals surface area contributed by atoms with Gasteiger partial charge in [-0.25, -0.2) is 9.97 Å². The number of aromatic amines is 1. The lowest BCUT2D eigenvalue weighted by Gasteiger charge is -2.22. The molecular weight excluding hydrogens is 348 g/mol. The van der Waals surface area contributed by atoms with Gasteiger partial charge in [0.05, 0.1) is 22.0 Å². The lowest BCUT2D eigenvalue weighted by Crippen LogP contribution is -2.25. The maximum atomic E-state index is 12.3. The molecule has 0 bridgehead atoms. The number of aromatic nitrogens is 5. The van der Waals surface area contributed by atoms with Gasteiger partial charge in [-0.2, -0.15) is 9.50 Å². The van der Waals surface area contributed by atoms with Crippen LogP contribution < -0.4 is 5.56 Å². The molecule has 5 rings (SSSR count). The molecule has 1 saturated heterocycles. The highest BCUT2D eigenvalue weighted by Crippen LogP contribution is 2.36. The highest BCUT2D eigenvalue weighted by atomic mass is 32.1. The van der Waals surface area contributed by atoms with E-state index >= 15 is 0 Å². The van der Waals surface area contributed by atoms with E-state index in [0.717, 1.165) is 35.6 Å². The Morgan fingerprint density at radius 1 is 1.27 bits per heavy atom. The van der Waals surface area contributed by atoms with Crippen LogP contribution in [0.2, 0.25) is 0 Å². The minimum atomic E-state index is -0.124. The second-order valence-electron chi connectivity index (χ2n) is 6.68. The summed E-state index contributed by atoms with van der Waals surface area (Å²) in [5, 5.41) is 4.06. The molecule has 0 radical (unpaired) electrons. The Balaban J connectivity index is 1.46. The summed E-state index contributed by atoms with van der Waals surface area (Å²) >= 11 is 1.76. The van der Waals surface area contributed by atoms with Crippen molar-refractivity contribution in [3.05, 3.63) is 57.2 Å². The smallest absolute Gasteiger partial charge is 0.274 e. The van der Waals surface area contributed by atoms with Crippen LogP contribution in [0.5, 0.6) is 0 Å². The molecular formula is C18H18N6OS. The van der Waals surface area contributed by atoms with Crippen LogP contribution in [0.1, 0.15) is 35.4 Å². The van der Waals surface area contributed by atoms with Crippen molar-refractivity contribution < 1.29 is 0 Å². The number of para-hydroxylation sites is 1. The van der Waals surface area contributed by atoms with Crippen molar-refractivity contribution in [2.75, 3.05) is 6.54 Å². The maximum absolute atomic E-state index is 12.3. The number of aryl methyl sites for hydroxylation is 1. The molecule has 3 aromatic heterocycles. The number of nitrogens with zero attached hydrogens (tertiary/aromatic N) is 5. The first-order valence-electron chi connectivity index (χ1n) is 8.72. The molecule has 0 amide bonds. The zero-order valence-corrected chi connectivity index (χ0v) is 15.2. The summed E-state index contributed by atoms with van der Waals surface area (Å²) in [6.45, 7) is 3.44. The third-order valence-corrected chi connectivity index (χ3v) is 5.96. The lowest BCUT2D eigenvalue weighted by atomic mass is 10.2. The maximum Gasteiger partial charge on any atom is 0.274 e. The quantitative estimate of drug-likeness (QED) is 0.603. The molecule has 1 N–H and O–H groups in total. The fourth-order valence-corrected chi connectivity index (χ4v) is 4.79. The van der Waals surface area contributed by atoms with Crippen LogP contribution in [0, 0.1) is 6.92 Å². The van der Waals surface area contributed by atoms with Crippen LogP contribution in [-0.2, 0) is 6.54 Å². The average molecular weight is 366 g/mol. The van der Waals surface area contributed by atoms with Crippen molar-refractivity contribution in [1.29, 1.82) is 0 Å². The lowest BCUT2D eigenvalue weighted by molar-refractivity contribution is 0.245. The summed E-state index contributed by atoms with van der Waals surface area (Å²) in [6.07, 6.45) is 2.21. The van der Waals surface area contributed by atoms with Crippen molar-refractivity contribution in [2.45, 2.75) is 32.4 Å². The number of rotatable bonds is 3. The predicted molar refractivity (Wildman–Crippen MR) is 100 cm³/mol. The number of H-pyrrole nitrogens is 1. The second kappa shape index (κ2) is 6.00. The molecule has 7 nitrogen and oxygen atoms in total. The van der Waals surface area contributed by atoms with Crippen molar-refractivity contribution in [3.8, 4) is 0 Å². The van der Waals surface area contributed by atoms with Gasteiger partial charge in [0.25, 0.3) is 11.3 Å². The Morgan fingerprint density at radius 2 is 2.15 bits per heavy atom. The number of thiazole rings is 1. The molecule has 1 aromatic carbocycles. The molecule has 1 atom stereocenters. The number of likely N-dealkylation sites (tertiary alicyclic amines) is 1. The van der Waals surface area contributed by atoms with Crippen LogP contribution in [-0.4, -0.2) is 36.0 Å². The fourth-order valence-electron chi connectivity index (χ4n) is 3.65. The standard InChI is InChI=1S/C18H18N6OS/c1-11-19-18-20-12(9-16(25)24(18)22-11)10-23-8-4-6-14(23)17-21-13-5-2-3-7-15(13)26-17/h2-3,5,7,9,14H,4,6,8,10H2,1H3,(H,19,20,22)/t14-/m1/s1. The number of fused-ring (bicyclic) bond motifs is 2. The van der Waals surface area contributed by atoms with E-state index in [1.807, 2.05) is 13.0 Å². The summed E-state index contributed by atoms with van der Waals surface area (Å²) in [5.74, 6) is 1.11. The normalized spacial score (nSPS) is 18.3. The number of hydrogen-bond acceptors (Lipinski definition) is 6. The van der Waals surface area contributed by atoms with Crippen LogP contribution in [0.25, 0.3) is 16.0 Å².